The second kappa shape index (κ2) is 7.45. The smallest absolute Gasteiger partial charge is 0.262 e. The second-order valence-electron chi connectivity index (χ2n) is 6.12. The number of carbonyl (C=O) groups excluding carboxylic acids is 1. The molecule has 0 atom stereocenters. The Morgan fingerprint density at radius 1 is 1.21 bits per heavy atom. The number of nitrogens with zero attached hydrogens (tertiary/aromatic N) is 1. The van der Waals surface area contributed by atoms with E-state index in [1.54, 1.807) is 0 Å². The molecule has 0 aromatic heterocycles. The highest BCUT2D eigenvalue weighted by Crippen LogP contribution is 2.22. The standard InChI is InChI=1S/C19H21FN2O2/c1-22-10-2-3-14-4-7-17(11-15(14)12-22)21-19(23)13-24-18-8-5-16(20)6-9-18/h4-9,11H,2-3,10,12-13H2,1H3,(H,21,23). The third kappa shape index (κ3) is 4.32. The first-order chi connectivity index (χ1) is 11.6. The third-order valence-electron chi connectivity index (χ3n) is 4.10. The molecule has 1 amide bonds. The lowest BCUT2D eigenvalue weighted by atomic mass is 10.0. The summed E-state index contributed by atoms with van der Waals surface area (Å²) >= 11 is 0. The minimum atomic E-state index is -0.332. The van der Waals surface area contributed by atoms with Crippen LogP contribution in [0.15, 0.2) is 42.5 Å². The van der Waals surface area contributed by atoms with Crippen LogP contribution in [0.4, 0.5) is 10.1 Å². The molecule has 2 aromatic rings. The van der Waals surface area contributed by atoms with Crippen molar-refractivity contribution >= 4 is 11.6 Å². The number of hydrogen-bond donors (Lipinski definition) is 1. The molecule has 4 nitrogen and oxygen atoms in total. The summed E-state index contributed by atoms with van der Waals surface area (Å²) in [6, 6.07) is 11.7. The van der Waals surface area contributed by atoms with Crippen molar-refractivity contribution in [3.8, 4) is 5.75 Å². The fraction of sp³-hybridized carbons (Fsp3) is 0.316. The predicted molar refractivity (Wildman–Crippen MR) is 91.6 cm³/mol. The van der Waals surface area contributed by atoms with Crippen molar-refractivity contribution in [3.05, 3.63) is 59.4 Å². The summed E-state index contributed by atoms with van der Waals surface area (Å²) in [7, 11) is 2.11. The highest BCUT2D eigenvalue weighted by molar-refractivity contribution is 5.92. The van der Waals surface area contributed by atoms with Crippen molar-refractivity contribution in [2.75, 3.05) is 25.5 Å². The van der Waals surface area contributed by atoms with E-state index in [4.69, 9.17) is 4.74 Å². The van der Waals surface area contributed by atoms with Gasteiger partial charge in [-0.05, 0) is 74.0 Å². The number of hydrogen-bond acceptors (Lipinski definition) is 3. The quantitative estimate of drug-likeness (QED) is 0.937. The van der Waals surface area contributed by atoms with Crippen molar-refractivity contribution in [2.24, 2.45) is 0 Å². The zero-order chi connectivity index (χ0) is 16.9. The molecule has 0 unspecified atom stereocenters. The van der Waals surface area contributed by atoms with Gasteiger partial charge in [0.05, 0.1) is 0 Å². The van der Waals surface area contributed by atoms with Crippen LogP contribution in [0.25, 0.3) is 0 Å². The summed E-state index contributed by atoms with van der Waals surface area (Å²) < 4.78 is 18.2. The number of rotatable bonds is 4. The number of benzene rings is 2. The van der Waals surface area contributed by atoms with Crippen LogP contribution in [0.3, 0.4) is 0 Å². The predicted octanol–water partition coefficient (Wildman–Crippen LogP) is 3.22. The maximum absolute atomic E-state index is 12.8. The number of carbonyl (C=O) groups is 1. The average Bonchev–Trinajstić information content (AvgIpc) is 2.74. The molecule has 3 rings (SSSR count). The van der Waals surface area contributed by atoms with E-state index >= 15 is 0 Å². The Balaban J connectivity index is 1.59. The largest absolute Gasteiger partial charge is 0.484 e. The van der Waals surface area contributed by atoms with Gasteiger partial charge in [0.2, 0.25) is 0 Å². The van der Waals surface area contributed by atoms with Crippen LogP contribution in [0, 0.1) is 5.82 Å². The molecular formula is C19H21FN2O2. The van der Waals surface area contributed by atoms with Gasteiger partial charge in [0.25, 0.3) is 5.91 Å². The summed E-state index contributed by atoms with van der Waals surface area (Å²) in [5.41, 5.74) is 3.38. The molecule has 1 N–H and O–H groups in total. The van der Waals surface area contributed by atoms with Gasteiger partial charge in [-0.1, -0.05) is 6.07 Å². The van der Waals surface area contributed by atoms with Crippen LogP contribution in [0.2, 0.25) is 0 Å². The lowest BCUT2D eigenvalue weighted by Crippen LogP contribution is -2.20. The summed E-state index contributed by atoms with van der Waals surface area (Å²) in [6.45, 7) is 1.87. The van der Waals surface area contributed by atoms with Gasteiger partial charge >= 0.3 is 0 Å². The SMILES string of the molecule is CN1CCCc2ccc(NC(=O)COc3ccc(F)cc3)cc2C1. The van der Waals surface area contributed by atoms with E-state index in [9.17, 15) is 9.18 Å². The van der Waals surface area contributed by atoms with E-state index < -0.39 is 0 Å². The normalized spacial score (nSPS) is 14.6. The Morgan fingerprint density at radius 3 is 2.79 bits per heavy atom. The number of halogens is 1. The van der Waals surface area contributed by atoms with Crippen LogP contribution in [-0.4, -0.2) is 31.0 Å². The van der Waals surface area contributed by atoms with Gasteiger partial charge in [0.1, 0.15) is 11.6 Å². The van der Waals surface area contributed by atoms with Crippen molar-refractivity contribution in [1.29, 1.82) is 0 Å². The van der Waals surface area contributed by atoms with Crippen LogP contribution in [-0.2, 0) is 17.8 Å². The number of aryl methyl sites for hydroxylation is 1. The van der Waals surface area contributed by atoms with Crippen molar-refractivity contribution in [3.63, 3.8) is 0 Å². The van der Waals surface area contributed by atoms with Crippen LogP contribution in [0.5, 0.6) is 5.75 Å². The first-order valence-electron chi connectivity index (χ1n) is 8.09. The fourth-order valence-electron chi connectivity index (χ4n) is 2.88. The molecule has 5 heteroatoms. The van der Waals surface area contributed by atoms with Gasteiger partial charge in [0, 0.05) is 12.2 Å². The molecule has 24 heavy (non-hydrogen) atoms. The summed E-state index contributed by atoms with van der Waals surface area (Å²) in [5.74, 6) is -0.0990. The molecule has 1 aliphatic rings. The van der Waals surface area contributed by atoms with Crippen LogP contribution in [0.1, 0.15) is 17.5 Å². The number of fused-ring (bicyclic) bond motifs is 1. The highest BCUT2D eigenvalue weighted by atomic mass is 19.1. The van der Waals surface area contributed by atoms with Crippen LogP contribution < -0.4 is 10.1 Å². The molecule has 0 saturated heterocycles. The molecule has 1 heterocycles. The molecule has 2 aromatic carbocycles. The molecule has 0 spiro atoms. The lowest BCUT2D eigenvalue weighted by molar-refractivity contribution is -0.118. The zero-order valence-corrected chi connectivity index (χ0v) is 13.7. The molecule has 0 saturated carbocycles. The first-order valence-corrected chi connectivity index (χ1v) is 8.09. The second-order valence-corrected chi connectivity index (χ2v) is 6.12. The summed E-state index contributed by atoms with van der Waals surface area (Å²) in [6.07, 6.45) is 2.22. The zero-order valence-electron chi connectivity index (χ0n) is 13.7. The number of anilines is 1. The maximum atomic E-state index is 12.8. The topological polar surface area (TPSA) is 41.6 Å². The number of nitrogens with one attached hydrogen (secondary N) is 1. The Morgan fingerprint density at radius 2 is 2.00 bits per heavy atom. The highest BCUT2D eigenvalue weighted by Gasteiger charge is 2.12. The van der Waals surface area contributed by atoms with E-state index in [-0.39, 0.29) is 18.3 Å². The third-order valence-corrected chi connectivity index (χ3v) is 4.10. The molecule has 0 bridgehead atoms. The van der Waals surface area contributed by atoms with Gasteiger partial charge in [-0.25, -0.2) is 4.39 Å². The molecule has 0 fully saturated rings. The van der Waals surface area contributed by atoms with E-state index in [0.29, 0.717) is 5.75 Å². The minimum absolute atomic E-state index is 0.109. The lowest BCUT2D eigenvalue weighted by Gasteiger charge is -2.14. The van der Waals surface area contributed by atoms with E-state index in [0.717, 1.165) is 31.6 Å². The van der Waals surface area contributed by atoms with Crippen molar-refractivity contribution in [2.45, 2.75) is 19.4 Å². The molecule has 1 aliphatic heterocycles. The van der Waals surface area contributed by atoms with E-state index in [2.05, 4.69) is 23.3 Å². The average molecular weight is 328 g/mol. The molecule has 0 aliphatic carbocycles. The van der Waals surface area contributed by atoms with Crippen molar-refractivity contribution in [1.82, 2.24) is 4.90 Å². The molecular weight excluding hydrogens is 307 g/mol. The minimum Gasteiger partial charge on any atom is -0.484 e. The maximum Gasteiger partial charge on any atom is 0.262 e. The molecule has 126 valence electrons. The fourth-order valence-corrected chi connectivity index (χ4v) is 2.88. The number of amides is 1. The monoisotopic (exact) mass is 328 g/mol. The Kier molecular flexibility index (Phi) is 5.11. The number of ether oxygens (including phenoxy) is 1. The van der Waals surface area contributed by atoms with Gasteiger partial charge in [-0.3, -0.25) is 4.79 Å². The Hall–Kier alpha value is -2.40. The van der Waals surface area contributed by atoms with Gasteiger partial charge in [0.15, 0.2) is 6.61 Å². The van der Waals surface area contributed by atoms with Gasteiger partial charge < -0.3 is 15.0 Å². The van der Waals surface area contributed by atoms with Gasteiger partial charge in [-0.2, -0.15) is 0 Å². The Labute approximate surface area is 141 Å². The molecule has 0 radical (unpaired) electrons. The summed E-state index contributed by atoms with van der Waals surface area (Å²) in [5, 5.41) is 2.85. The summed E-state index contributed by atoms with van der Waals surface area (Å²) in [4.78, 5) is 14.3. The van der Waals surface area contributed by atoms with Gasteiger partial charge in [-0.15, -0.1) is 0 Å². The first kappa shape index (κ1) is 16.5. The van der Waals surface area contributed by atoms with E-state index in [1.807, 2.05) is 12.1 Å². The van der Waals surface area contributed by atoms with Crippen molar-refractivity contribution < 1.29 is 13.9 Å². The van der Waals surface area contributed by atoms with Crippen LogP contribution >= 0.6 is 0 Å². The Bertz CT molecular complexity index is 716. The van der Waals surface area contributed by atoms with E-state index in [1.165, 1.54) is 35.4 Å².